The number of ether oxygens (including phenoxy) is 3. The van der Waals surface area contributed by atoms with Crippen LogP contribution in [0, 0.1) is 19.3 Å². The second-order valence-electron chi connectivity index (χ2n) is 12.2. The third kappa shape index (κ3) is 7.76. The van der Waals surface area contributed by atoms with E-state index in [2.05, 4.69) is 52.0 Å². The van der Waals surface area contributed by atoms with E-state index in [1.807, 2.05) is 39.8 Å². The Kier molecular flexibility index (Phi) is 10.3. The van der Waals surface area contributed by atoms with Gasteiger partial charge < -0.3 is 14.2 Å². The number of hydrogen-bond acceptors (Lipinski definition) is 5. The molecule has 0 heterocycles. The Hall–Kier alpha value is -4.38. The molecule has 0 radical (unpaired) electrons. The molecule has 0 aliphatic rings. The van der Waals surface area contributed by atoms with Crippen molar-refractivity contribution < 1.29 is 23.8 Å². The predicted octanol–water partition coefficient (Wildman–Crippen LogP) is 10.3. The molecule has 2 unspecified atom stereocenters. The first-order chi connectivity index (χ1) is 20.9. The highest BCUT2D eigenvalue weighted by atomic mass is 16.5. The van der Waals surface area contributed by atoms with Crippen LogP contribution in [0.2, 0.25) is 0 Å². The molecule has 0 aliphatic carbocycles. The van der Waals surface area contributed by atoms with Crippen LogP contribution in [0.25, 0.3) is 0 Å². The van der Waals surface area contributed by atoms with E-state index in [1.54, 1.807) is 48.5 Å². The topological polar surface area (TPSA) is 61.8 Å². The lowest BCUT2D eigenvalue weighted by Gasteiger charge is -2.20. The molecule has 2 atom stereocenters. The minimum Gasteiger partial charge on any atom is -0.490 e. The molecule has 4 aromatic carbocycles. The summed E-state index contributed by atoms with van der Waals surface area (Å²) < 4.78 is 17.7. The number of carbonyl (C=O) groups is 2. The van der Waals surface area contributed by atoms with Crippen molar-refractivity contribution in [2.45, 2.75) is 80.3 Å². The van der Waals surface area contributed by atoms with E-state index in [4.69, 9.17) is 14.2 Å². The highest BCUT2D eigenvalue weighted by Gasteiger charge is 2.26. The van der Waals surface area contributed by atoms with E-state index in [-0.39, 0.29) is 17.8 Å². The summed E-state index contributed by atoms with van der Waals surface area (Å²) in [6.45, 7) is 16.3. The van der Waals surface area contributed by atoms with Crippen LogP contribution < -0.4 is 14.2 Å². The highest BCUT2D eigenvalue weighted by molar-refractivity contribution is 6.00. The Morgan fingerprint density at radius 2 is 1.20 bits per heavy atom. The third-order valence-corrected chi connectivity index (χ3v) is 8.44. The van der Waals surface area contributed by atoms with E-state index >= 15 is 0 Å². The molecule has 5 heteroatoms. The lowest BCUT2D eigenvalue weighted by Crippen LogP contribution is -2.23. The summed E-state index contributed by atoms with van der Waals surface area (Å²) in [7, 11) is 0. The number of rotatable bonds is 12. The Morgan fingerprint density at radius 3 is 1.68 bits per heavy atom. The first-order valence-corrected chi connectivity index (χ1v) is 15.4. The normalized spacial score (nSPS) is 12.7. The third-order valence-electron chi connectivity index (χ3n) is 8.44. The molecule has 0 amide bonds. The average Bonchev–Trinajstić information content (AvgIpc) is 3.02. The van der Waals surface area contributed by atoms with E-state index in [9.17, 15) is 9.59 Å². The van der Waals surface area contributed by atoms with Gasteiger partial charge in [-0.15, -0.1) is 0 Å². The van der Waals surface area contributed by atoms with Crippen molar-refractivity contribution in [1.82, 2.24) is 0 Å². The van der Waals surface area contributed by atoms with Crippen molar-refractivity contribution in [2.75, 3.05) is 0 Å². The lowest BCUT2D eigenvalue weighted by atomic mass is 9.82. The van der Waals surface area contributed by atoms with Gasteiger partial charge in [-0.05, 0) is 117 Å². The number of esters is 1. The van der Waals surface area contributed by atoms with Crippen LogP contribution in [0.4, 0.5) is 0 Å². The molecular weight excluding hydrogens is 548 g/mol. The molecule has 230 valence electrons. The molecule has 0 spiro atoms. The second kappa shape index (κ2) is 13.9. The Labute approximate surface area is 262 Å². The van der Waals surface area contributed by atoms with Crippen molar-refractivity contribution in [3.8, 4) is 23.0 Å². The van der Waals surface area contributed by atoms with E-state index in [1.165, 1.54) is 5.56 Å². The van der Waals surface area contributed by atoms with Gasteiger partial charge in [0.1, 0.15) is 23.0 Å². The smallest absolute Gasteiger partial charge is 0.343 e. The number of ketones is 1. The summed E-state index contributed by atoms with van der Waals surface area (Å²) in [5.41, 5.74) is 5.04. The average molecular weight is 593 g/mol. The summed E-state index contributed by atoms with van der Waals surface area (Å²) in [4.78, 5) is 25.6. The maximum atomic E-state index is 12.9. The number of aryl methyl sites for hydroxylation is 2. The monoisotopic (exact) mass is 592 g/mol. The fourth-order valence-electron chi connectivity index (χ4n) is 4.80. The molecule has 0 bridgehead atoms. The fraction of sp³-hybridized carbons (Fsp3) is 0.333. The van der Waals surface area contributed by atoms with Gasteiger partial charge in [-0.3, -0.25) is 4.79 Å². The summed E-state index contributed by atoms with van der Waals surface area (Å²) in [6, 6.07) is 26.3. The van der Waals surface area contributed by atoms with Crippen molar-refractivity contribution in [2.24, 2.45) is 5.41 Å². The predicted molar refractivity (Wildman–Crippen MR) is 177 cm³/mol. The van der Waals surface area contributed by atoms with Gasteiger partial charge in [0.15, 0.2) is 5.78 Å². The Bertz CT molecular complexity index is 1600. The molecule has 5 nitrogen and oxygen atoms in total. The highest BCUT2D eigenvalue weighted by Crippen LogP contribution is 2.32. The number of hydrogen-bond donors (Lipinski definition) is 0. The van der Waals surface area contributed by atoms with Crippen molar-refractivity contribution in [3.05, 3.63) is 118 Å². The molecular formula is C39H44O5. The van der Waals surface area contributed by atoms with Crippen LogP contribution in [0.1, 0.15) is 103 Å². The minimum absolute atomic E-state index is 0.113. The zero-order valence-corrected chi connectivity index (χ0v) is 27.2. The Morgan fingerprint density at radius 1 is 0.705 bits per heavy atom. The molecule has 0 N–H and O–H groups in total. The van der Waals surface area contributed by atoms with E-state index in [0.717, 1.165) is 35.3 Å². The molecule has 4 rings (SSSR count). The quantitative estimate of drug-likeness (QED) is 0.0930. The van der Waals surface area contributed by atoms with Gasteiger partial charge in [-0.25, -0.2) is 4.79 Å². The maximum Gasteiger partial charge on any atom is 0.343 e. The fourth-order valence-corrected chi connectivity index (χ4v) is 4.80. The number of benzene rings is 4. The standard InChI is InChI=1S/C39H44O5/c1-9-27(5)42-35-21-15-31(23-25(35)3)28(6)32-16-22-36(26(4)24-32)44-38(41)30-13-19-34(20-14-30)43-33-17-11-29(12-18-33)37(40)39(7,8)10-2/h11-24,27-28H,9-10H2,1-8H3. The van der Waals surface area contributed by atoms with Gasteiger partial charge in [0.25, 0.3) is 0 Å². The van der Waals surface area contributed by atoms with Crippen LogP contribution in [-0.4, -0.2) is 17.9 Å². The zero-order chi connectivity index (χ0) is 32.0. The molecule has 0 aromatic heterocycles. The summed E-state index contributed by atoms with van der Waals surface area (Å²) >= 11 is 0. The van der Waals surface area contributed by atoms with Crippen LogP contribution >= 0.6 is 0 Å². The molecule has 0 saturated carbocycles. The van der Waals surface area contributed by atoms with Gasteiger partial charge >= 0.3 is 5.97 Å². The van der Waals surface area contributed by atoms with Crippen molar-refractivity contribution in [1.29, 1.82) is 0 Å². The summed E-state index contributed by atoms with van der Waals surface area (Å²) in [5.74, 6) is 2.49. The zero-order valence-electron chi connectivity index (χ0n) is 27.2. The molecule has 0 fully saturated rings. The SMILES string of the molecule is CCC(C)Oc1ccc(C(C)c2ccc(OC(=O)c3ccc(Oc4ccc(C(=O)C(C)(C)CC)cc4)cc3)c(C)c2)cc1C. The first-order valence-electron chi connectivity index (χ1n) is 15.4. The van der Waals surface area contributed by atoms with Crippen molar-refractivity contribution in [3.63, 3.8) is 0 Å². The summed E-state index contributed by atoms with van der Waals surface area (Å²) in [6.07, 6.45) is 1.92. The van der Waals surface area contributed by atoms with E-state index in [0.29, 0.717) is 28.4 Å². The first kappa shape index (κ1) is 32.5. The minimum atomic E-state index is -0.436. The second-order valence-corrected chi connectivity index (χ2v) is 12.2. The van der Waals surface area contributed by atoms with Crippen LogP contribution in [0.5, 0.6) is 23.0 Å². The van der Waals surface area contributed by atoms with Crippen LogP contribution in [0.15, 0.2) is 84.9 Å². The van der Waals surface area contributed by atoms with Gasteiger partial charge in [0.2, 0.25) is 0 Å². The van der Waals surface area contributed by atoms with Gasteiger partial charge in [-0.1, -0.05) is 58.9 Å². The molecule has 0 aliphatic heterocycles. The molecule has 44 heavy (non-hydrogen) atoms. The molecule has 0 saturated heterocycles. The Balaban J connectivity index is 1.38. The molecule has 4 aromatic rings. The van der Waals surface area contributed by atoms with E-state index < -0.39 is 11.4 Å². The number of Topliss-reactive ketones (excluding diaryl/α,β-unsaturated/α-hetero) is 1. The largest absolute Gasteiger partial charge is 0.490 e. The van der Waals surface area contributed by atoms with Gasteiger partial charge in [0, 0.05) is 16.9 Å². The van der Waals surface area contributed by atoms with Gasteiger partial charge in [0.05, 0.1) is 11.7 Å². The maximum absolute atomic E-state index is 12.9. The van der Waals surface area contributed by atoms with Gasteiger partial charge in [-0.2, -0.15) is 0 Å². The van der Waals surface area contributed by atoms with Crippen LogP contribution in [-0.2, 0) is 0 Å². The van der Waals surface area contributed by atoms with Crippen molar-refractivity contribution >= 4 is 11.8 Å². The van der Waals surface area contributed by atoms with Crippen LogP contribution in [0.3, 0.4) is 0 Å². The summed E-state index contributed by atoms with van der Waals surface area (Å²) in [5, 5.41) is 0. The number of carbonyl (C=O) groups excluding carboxylic acids is 2. The lowest BCUT2D eigenvalue weighted by molar-refractivity contribution is 0.0733.